The van der Waals surface area contributed by atoms with Gasteiger partial charge in [0.15, 0.2) is 0 Å². The van der Waals surface area contributed by atoms with Crippen molar-refractivity contribution in [2.45, 2.75) is 6.04 Å². The third-order valence-electron chi connectivity index (χ3n) is 5.03. The Balaban J connectivity index is 1.90. The minimum absolute atomic E-state index is 0.0596. The summed E-state index contributed by atoms with van der Waals surface area (Å²) < 4.78 is 6.04. The molecule has 1 fully saturated rings. The van der Waals surface area contributed by atoms with Crippen LogP contribution >= 0.6 is 15.9 Å². The Morgan fingerprint density at radius 3 is 2.17 bits per heavy atom. The molecule has 0 bridgehead atoms. The lowest BCUT2D eigenvalue weighted by Gasteiger charge is -2.25. The Hall–Kier alpha value is -3.38. The van der Waals surface area contributed by atoms with Gasteiger partial charge in [0.2, 0.25) is 0 Å². The van der Waals surface area contributed by atoms with Crippen molar-refractivity contribution in [1.29, 1.82) is 0 Å². The first kappa shape index (κ1) is 19.9. The number of Topliss-reactive ketones (excluding diaryl/α,β-unsaturated/α-hetero) is 1. The number of aliphatic hydroxyl groups is 1. The van der Waals surface area contributed by atoms with Crippen molar-refractivity contribution < 1.29 is 19.4 Å². The minimum atomic E-state index is -0.747. The number of nitrogens with zero attached hydrogens (tertiary/aromatic N) is 1. The first-order chi connectivity index (χ1) is 14.5. The van der Waals surface area contributed by atoms with E-state index in [4.69, 9.17) is 4.74 Å². The first-order valence-electron chi connectivity index (χ1n) is 9.27. The molecule has 3 aromatic rings. The van der Waals surface area contributed by atoms with Gasteiger partial charge in [-0.1, -0.05) is 58.4 Å². The predicted octanol–water partition coefficient (Wildman–Crippen LogP) is 5.08. The molecule has 1 atom stereocenters. The highest BCUT2D eigenvalue weighted by atomic mass is 79.9. The molecule has 3 aromatic carbocycles. The third kappa shape index (κ3) is 3.50. The number of anilines is 1. The summed E-state index contributed by atoms with van der Waals surface area (Å²) in [5, 5.41) is 11.0. The molecule has 1 N–H and O–H groups in total. The number of carbonyl (C=O) groups is 2. The maximum atomic E-state index is 13.0. The number of aliphatic hydroxyl groups excluding tert-OH is 1. The molecule has 0 saturated carbocycles. The van der Waals surface area contributed by atoms with Crippen molar-refractivity contribution in [1.82, 2.24) is 0 Å². The highest BCUT2D eigenvalue weighted by Gasteiger charge is 2.46. The maximum Gasteiger partial charge on any atom is 0.300 e. The van der Waals surface area contributed by atoms with Crippen LogP contribution in [0.2, 0.25) is 0 Å². The van der Waals surface area contributed by atoms with E-state index in [0.717, 1.165) is 10.0 Å². The summed E-state index contributed by atoms with van der Waals surface area (Å²) in [5.41, 5.74) is 1.80. The smallest absolute Gasteiger partial charge is 0.300 e. The summed E-state index contributed by atoms with van der Waals surface area (Å²) in [6.07, 6.45) is 0. The van der Waals surface area contributed by atoms with E-state index in [1.807, 2.05) is 30.3 Å². The number of hydrogen-bond donors (Lipinski definition) is 1. The van der Waals surface area contributed by atoms with E-state index in [2.05, 4.69) is 15.9 Å². The van der Waals surface area contributed by atoms with Crippen molar-refractivity contribution in [2.24, 2.45) is 0 Å². The van der Waals surface area contributed by atoms with Crippen LogP contribution in [0.3, 0.4) is 0 Å². The van der Waals surface area contributed by atoms with Crippen LogP contribution in [0.4, 0.5) is 5.69 Å². The van der Waals surface area contributed by atoms with Crippen LogP contribution in [0.1, 0.15) is 17.2 Å². The number of hydrogen-bond acceptors (Lipinski definition) is 4. The first-order valence-corrected chi connectivity index (χ1v) is 10.1. The van der Waals surface area contributed by atoms with Crippen molar-refractivity contribution in [3.05, 3.63) is 100 Å². The zero-order chi connectivity index (χ0) is 21.3. The molecule has 1 aliphatic heterocycles. The molecule has 0 radical (unpaired) electrons. The molecular weight excluding hydrogens is 446 g/mol. The van der Waals surface area contributed by atoms with Crippen molar-refractivity contribution >= 4 is 39.1 Å². The van der Waals surface area contributed by atoms with Crippen LogP contribution in [-0.4, -0.2) is 23.9 Å². The van der Waals surface area contributed by atoms with Gasteiger partial charge in [-0.2, -0.15) is 0 Å². The second-order valence-electron chi connectivity index (χ2n) is 6.78. The number of carbonyl (C=O) groups excluding carboxylic acids is 2. The summed E-state index contributed by atoms with van der Waals surface area (Å²) in [7, 11) is 1.56. The molecule has 1 heterocycles. The van der Waals surface area contributed by atoms with Crippen LogP contribution in [0.5, 0.6) is 5.75 Å². The molecular formula is C24H18BrNO4. The normalized spacial score (nSPS) is 17.9. The van der Waals surface area contributed by atoms with E-state index < -0.39 is 17.7 Å². The lowest BCUT2D eigenvalue weighted by molar-refractivity contribution is -0.132. The van der Waals surface area contributed by atoms with Crippen LogP contribution in [0, 0.1) is 0 Å². The Morgan fingerprint density at radius 1 is 0.933 bits per heavy atom. The largest absolute Gasteiger partial charge is 0.507 e. The SMILES string of the molecule is COc1ccc(N2C(=O)C(=O)/C(=C(/O)c3ccc(Br)cc3)C2c2ccccc2)cc1. The zero-order valence-corrected chi connectivity index (χ0v) is 17.7. The molecule has 150 valence electrons. The molecule has 0 aromatic heterocycles. The summed E-state index contributed by atoms with van der Waals surface area (Å²) >= 11 is 3.36. The summed E-state index contributed by atoms with van der Waals surface area (Å²) in [4.78, 5) is 27.5. The predicted molar refractivity (Wildman–Crippen MR) is 118 cm³/mol. The maximum absolute atomic E-state index is 13.0. The monoisotopic (exact) mass is 463 g/mol. The fourth-order valence-corrected chi connectivity index (χ4v) is 3.82. The van der Waals surface area contributed by atoms with Gasteiger partial charge in [0.25, 0.3) is 11.7 Å². The molecule has 0 spiro atoms. The van der Waals surface area contributed by atoms with Crippen LogP contribution in [0.25, 0.3) is 5.76 Å². The molecule has 1 amide bonds. The lowest BCUT2D eigenvalue weighted by atomic mass is 9.95. The van der Waals surface area contributed by atoms with E-state index in [0.29, 0.717) is 17.0 Å². The molecule has 4 rings (SSSR count). The highest BCUT2D eigenvalue weighted by Crippen LogP contribution is 2.42. The van der Waals surface area contributed by atoms with E-state index in [9.17, 15) is 14.7 Å². The van der Waals surface area contributed by atoms with E-state index in [1.165, 1.54) is 4.90 Å². The minimum Gasteiger partial charge on any atom is -0.507 e. The quantitative estimate of drug-likeness (QED) is 0.332. The van der Waals surface area contributed by atoms with Crippen molar-refractivity contribution in [2.75, 3.05) is 12.0 Å². The van der Waals surface area contributed by atoms with Gasteiger partial charge in [0, 0.05) is 15.7 Å². The van der Waals surface area contributed by atoms with Crippen LogP contribution in [0.15, 0.2) is 88.9 Å². The topological polar surface area (TPSA) is 66.8 Å². The average molecular weight is 464 g/mol. The van der Waals surface area contributed by atoms with Gasteiger partial charge < -0.3 is 9.84 Å². The Labute approximate surface area is 182 Å². The molecule has 6 heteroatoms. The molecule has 5 nitrogen and oxygen atoms in total. The fourth-order valence-electron chi connectivity index (χ4n) is 3.56. The van der Waals surface area contributed by atoms with E-state index in [-0.39, 0.29) is 11.3 Å². The van der Waals surface area contributed by atoms with Crippen molar-refractivity contribution in [3.63, 3.8) is 0 Å². The number of methoxy groups -OCH3 is 1. The highest BCUT2D eigenvalue weighted by molar-refractivity contribution is 9.10. The number of ether oxygens (including phenoxy) is 1. The fraction of sp³-hybridized carbons (Fsp3) is 0.0833. The molecule has 30 heavy (non-hydrogen) atoms. The van der Waals surface area contributed by atoms with Gasteiger partial charge in [-0.15, -0.1) is 0 Å². The van der Waals surface area contributed by atoms with Crippen LogP contribution < -0.4 is 9.64 Å². The van der Waals surface area contributed by atoms with Crippen LogP contribution in [-0.2, 0) is 9.59 Å². The van der Waals surface area contributed by atoms with Gasteiger partial charge in [-0.3, -0.25) is 14.5 Å². The van der Waals surface area contributed by atoms with Gasteiger partial charge in [0.1, 0.15) is 11.5 Å². The van der Waals surface area contributed by atoms with E-state index in [1.54, 1.807) is 55.6 Å². The molecule has 1 saturated heterocycles. The Kier molecular flexibility index (Phi) is 5.42. The number of ketones is 1. The molecule has 1 aliphatic rings. The van der Waals surface area contributed by atoms with Gasteiger partial charge in [-0.05, 0) is 42.0 Å². The summed E-state index contributed by atoms with van der Waals surface area (Å²) in [6, 6.07) is 22.3. The Morgan fingerprint density at radius 2 is 1.57 bits per heavy atom. The zero-order valence-electron chi connectivity index (χ0n) is 16.1. The number of rotatable bonds is 4. The summed E-state index contributed by atoms with van der Waals surface area (Å²) in [5.74, 6) is -0.972. The number of halogens is 1. The van der Waals surface area contributed by atoms with Gasteiger partial charge in [-0.25, -0.2) is 0 Å². The average Bonchev–Trinajstić information content (AvgIpc) is 3.05. The second kappa shape index (κ2) is 8.16. The Bertz CT molecular complexity index is 1120. The van der Waals surface area contributed by atoms with Crippen molar-refractivity contribution in [3.8, 4) is 5.75 Å². The number of amides is 1. The van der Waals surface area contributed by atoms with E-state index >= 15 is 0 Å². The molecule has 1 unspecified atom stereocenters. The standard InChI is InChI=1S/C24H18BrNO4/c1-30-19-13-11-18(12-14-19)26-21(15-5-3-2-4-6-15)20(23(28)24(26)29)22(27)16-7-9-17(25)10-8-16/h2-14,21,27H,1H3/b22-20+. The van der Waals surface area contributed by atoms with Gasteiger partial charge >= 0.3 is 0 Å². The third-order valence-corrected chi connectivity index (χ3v) is 5.56. The molecule has 0 aliphatic carbocycles. The second-order valence-corrected chi connectivity index (χ2v) is 7.70. The number of benzene rings is 3. The summed E-state index contributed by atoms with van der Waals surface area (Å²) in [6.45, 7) is 0. The lowest BCUT2D eigenvalue weighted by Crippen LogP contribution is -2.29. The van der Waals surface area contributed by atoms with Gasteiger partial charge in [0.05, 0.1) is 18.7 Å².